The molecule has 1 fully saturated rings. The Morgan fingerprint density at radius 1 is 1.05 bits per heavy atom. The highest BCUT2D eigenvalue weighted by Crippen LogP contribution is 2.13. The number of rotatable bonds is 6. The first-order chi connectivity index (χ1) is 9.25. The van der Waals surface area contributed by atoms with Crippen molar-refractivity contribution in [2.75, 3.05) is 32.7 Å². The number of benzene rings is 1. The minimum atomic E-state index is -0.500. The molecule has 0 atom stereocenters. The first-order valence-corrected chi connectivity index (χ1v) is 7.13. The molecular weight excluding hydrogens is 246 g/mol. The quantitative estimate of drug-likeness (QED) is 0.798. The van der Waals surface area contributed by atoms with Crippen LogP contribution in [0.1, 0.15) is 24.8 Å². The molecule has 1 aromatic rings. The van der Waals surface area contributed by atoms with Gasteiger partial charge in [-0.3, -0.25) is 0 Å². The fourth-order valence-electron chi connectivity index (χ4n) is 2.49. The Hall–Kier alpha value is -1.00. The van der Waals surface area contributed by atoms with E-state index >= 15 is 0 Å². The normalized spacial score (nSPS) is 16.7. The maximum absolute atomic E-state index is 13.4. The van der Waals surface area contributed by atoms with Crippen molar-refractivity contribution < 1.29 is 8.78 Å². The average molecular weight is 268 g/mol. The molecule has 1 N–H and O–H groups in total. The number of hydrogen-bond acceptors (Lipinski definition) is 2. The van der Waals surface area contributed by atoms with E-state index in [9.17, 15) is 8.78 Å². The van der Waals surface area contributed by atoms with E-state index in [-0.39, 0.29) is 0 Å². The number of unbranched alkanes of at least 4 members (excludes halogenated alkanes) is 2. The Balaban J connectivity index is 1.61. The lowest BCUT2D eigenvalue weighted by molar-refractivity contribution is 0.236. The molecule has 0 unspecified atom stereocenters. The van der Waals surface area contributed by atoms with E-state index in [0.717, 1.165) is 58.1 Å². The van der Waals surface area contributed by atoms with Crippen molar-refractivity contribution in [3.05, 3.63) is 35.4 Å². The van der Waals surface area contributed by atoms with Gasteiger partial charge in [-0.2, -0.15) is 0 Å². The zero-order valence-corrected chi connectivity index (χ0v) is 11.3. The summed E-state index contributed by atoms with van der Waals surface area (Å²) in [5.41, 5.74) is 0.628. The van der Waals surface area contributed by atoms with Crippen LogP contribution < -0.4 is 5.32 Å². The average Bonchev–Trinajstić information content (AvgIpc) is 2.42. The van der Waals surface area contributed by atoms with Gasteiger partial charge in [-0.25, -0.2) is 8.78 Å². The third-order valence-corrected chi connectivity index (χ3v) is 3.65. The number of piperazine rings is 1. The van der Waals surface area contributed by atoms with Crippen molar-refractivity contribution in [3.8, 4) is 0 Å². The highest BCUT2D eigenvalue weighted by Gasteiger charge is 2.08. The Morgan fingerprint density at radius 3 is 2.58 bits per heavy atom. The van der Waals surface area contributed by atoms with Gasteiger partial charge >= 0.3 is 0 Å². The van der Waals surface area contributed by atoms with Crippen LogP contribution in [0.4, 0.5) is 8.78 Å². The van der Waals surface area contributed by atoms with Gasteiger partial charge in [-0.05, 0) is 37.4 Å². The molecule has 0 aliphatic carbocycles. The summed E-state index contributed by atoms with van der Waals surface area (Å²) in [5.74, 6) is -0.915. The molecule has 0 saturated carbocycles. The third kappa shape index (κ3) is 4.88. The molecule has 1 saturated heterocycles. The predicted octanol–water partition coefficient (Wildman–Crippen LogP) is 2.58. The number of hydrogen-bond donors (Lipinski definition) is 1. The summed E-state index contributed by atoms with van der Waals surface area (Å²) in [6, 6.07) is 3.86. The second kappa shape index (κ2) is 7.56. The molecule has 2 rings (SSSR count). The number of nitrogens with zero attached hydrogens (tertiary/aromatic N) is 1. The van der Waals surface area contributed by atoms with Crippen LogP contribution >= 0.6 is 0 Å². The zero-order chi connectivity index (χ0) is 13.5. The molecule has 0 bridgehead atoms. The van der Waals surface area contributed by atoms with Crippen molar-refractivity contribution in [2.24, 2.45) is 0 Å². The van der Waals surface area contributed by atoms with Crippen molar-refractivity contribution in [1.29, 1.82) is 0 Å². The van der Waals surface area contributed by atoms with E-state index in [1.54, 1.807) is 6.07 Å². The monoisotopic (exact) mass is 268 g/mol. The Labute approximate surface area is 113 Å². The smallest absolute Gasteiger partial charge is 0.129 e. The SMILES string of the molecule is Fc1ccc(CCCCCN2CCNCC2)c(F)c1. The molecular formula is C15H22F2N2. The van der Waals surface area contributed by atoms with Gasteiger partial charge in [-0.15, -0.1) is 0 Å². The van der Waals surface area contributed by atoms with Crippen LogP contribution in [0.5, 0.6) is 0 Å². The fourth-order valence-corrected chi connectivity index (χ4v) is 2.49. The Kier molecular flexibility index (Phi) is 5.73. The van der Waals surface area contributed by atoms with Gasteiger partial charge in [0, 0.05) is 32.2 Å². The molecule has 1 aromatic carbocycles. The van der Waals surface area contributed by atoms with Crippen molar-refractivity contribution in [3.63, 3.8) is 0 Å². The molecule has 0 amide bonds. The number of nitrogens with one attached hydrogen (secondary N) is 1. The van der Waals surface area contributed by atoms with E-state index < -0.39 is 11.6 Å². The number of halogens is 2. The summed E-state index contributed by atoms with van der Waals surface area (Å²) in [6.07, 6.45) is 3.92. The van der Waals surface area contributed by atoms with Crippen LogP contribution in [-0.4, -0.2) is 37.6 Å². The van der Waals surface area contributed by atoms with Crippen LogP contribution in [0, 0.1) is 11.6 Å². The van der Waals surface area contributed by atoms with Gasteiger partial charge in [0.25, 0.3) is 0 Å². The first-order valence-electron chi connectivity index (χ1n) is 7.13. The van der Waals surface area contributed by atoms with Gasteiger partial charge in [0.15, 0.2) is 0 Å². The second-order valence-electron chi connectivity index (χ2n) is 5.14. The molecule has 0 spiro atoms. The van der Waals surface area contributed by atoms with Crippen LogP contribution in [0.3, 0.4) is 0 Å². The van der Waals surface area contributed by atoms with Crippen molar-refractivity contribution in [2.45, 2.75) is 25.7 Å². The highest BCUT2D eigenvalue weighted by atomic mass is 19.1. The number of aryl methyl sites for hydroxylation is 1. The lowest BCUT2D eigenvalue weighted by Gasteiger charge is -2.27. The Morgan fingerprint density at radius 2 is 1.84 bits per heavy atom. The standard InChI is InChI=1S/C15H22F2N2/c16-14-6-5-13(15(17)12-14)4-2-1-3-9-19-10-7-18-8-11-19/h5-6,12,18H,1-4,7-11H2. The highest BCUT2D eigenvalue weighted by molar-refractivity contribution is 5.18. The molecule has 1 heterocycles. The molecule has 0 radical (unpaired) electrons. The minimum absolute atomic E-state index is 0.415. The zero-order valence-electron chi connectivity index (χ0n) is 11.3. The van der Waals surface area contributed by atoms with Crippen LogP contribution in [0.2, 0.25) is 0 Å². The summed E-state index contributed by atoms with van der Waals surface area (Å²) in [6.45, 7) is 5.56. The van der Waals surface area contributed by atoms with Gasteiger partial charge in [0.05, 0.1) is 0 Å². The molecule has 19 heavy (non-hydrogen) atoms. The second-order valence-corrected chi connectivity index (χ2v) is 5.14. The van der Waals surface area contributed by atoms with Crippen LogP contribution in [-0.2, 0) is 6.42 Å². The molecule has 1 aliphatic heterocycles. The minimum Gasteiger partial charge on any atom is -0.314 e. The summed E-state index contributed by atoms with van der Waals surface area (Å²) in [7, 11) is 0. The van der Waals surface area contributed by atoms with E-state index in [4.69, 9.17) is 0 Å². The maximum Gasteiger partial charge on any atom is 0.129 e. The Bertz CT molecular complexity index is 390. The van der Waals surface area contributed by atoms with Crippen LogP contribution in [0.25, 0.3) is 0 Å². The van der Waals surface area contributed by atoms with E-state index in [2.05, 4.69) is 10.2 Å². The fraction of sp³-hybridized carbons (Fsp3) is 0.600. The summed E-state index contributed by atoms with van der Waals surface area (Å²) in [5, 5.41) is 3.33. The van der Waals surface area contributed by atoms with Gasteiger partial charge in [-0.1, -0.05) is 12.5 Å². The molecule has 106 valence electrons. The maximum atomic E-state index is 13.4. The summed E-state index contributed by atoms with van der Waals surface area (Å²) < 4.78 is 26.1. The summed E-state index contributed by atoms with van der Waals surface area (Å²) in [4.78, 5) is 2.47. The predicted molar refractivity (Wildman–Crippen MR) is 73.2 cm³/mol. The molecule has 0 aromatic heterocycles. The van der Waals surface area contributed by atoms with Crippen molar-refractivity contribution >= 4 is 0 Å². The van der Waals surface area contributed by atoms with Crippen LogP contribution in [0.15, 0.2) is 18.2 Å². The topological polar surface area (TPSA) is 15.3 Å². The lowest BCUT2D eigenvalue weighted by atomic mass is 10.1. The van der Waals surface area contributed by atoms with Gasteiger partial charge in [0.2, 0.25) is 0 Å². The van der Waals surface area contributed by atoms with E-state index in [0.29, 0.717) is 12.0 Å². The largest absolute Gasteiger partial charge is 0.314 e. The van der Waals surface area contributed by atoms with Crippen molar-refractivity contribution in [1.82, 2.24) is 10.2 Å². The lowest BCUT2D eigenvalue weighted by Crippen LogP contribution is -2.43. The van der Waals surface area contributed by atoms with Gasteiger partial charge < -0.3 is 10.2 Å². The molecule has 1 aliphatic rings. The van der Waals surface area contributed by atoms with E-state index in [1.165, 1.54) is 6.07 Å². The molecule has 4 heteroatoms. The molecule has 2 nitrogen and oxygen atoms in total. The van der Waals surface area contributed by atoms with E-state index in [1.807, 2.05) is 0 Å². The first kappa shape index (κ1) is 14.4. The third-order valence-electron chi connectivity index (χ3n) is 3.65. The summed E-state index contributed by atoms with van der Waals surface area (Å²) >= 11 is 0. The van der Waals surface area contributed by atoms with Gasteiger partial charge in [0.1, 0.15) is 11.6 Å².